The lowest BCUT2D eigenvalue weighted by atomic mass is 9.92. The first-order valence-electron chi connectivity index (χ1n) is 5.53. The second-order valence-corrected chi connectivity index (χ2v) is 4.27. The highest BCUT2D eigenvalue weighted by molar-refractivity contribution is 5.23. The van der Waals surface area contributed by atoms with Crippen molar-refractivity contribution in [3.8, 4) is 5.88 Å². The monoisotopic (exact) mass is 206 g/mol. The molecule has 0 aromatic carbocycles. The zero-order chi connectivity index (χ0) is 10.7. The summed E-state index contributed by atoms with van der Waals surface area (Å²) in [6.07, 6.45) is 4.31. The molecule has 2 heterocycles. The van der Waals surface area contributed by atoms with Crippen LogP contribution in [0.15, 0.2) is 18.3 Å². The highest BCUT2D eigenvalue weighted by Crippen LogP contribution is 2.26. The molecule has 1 aliphatic rings. The zero-order valence-electron chi connectivity index (χ0n) is 9.36. The zero-order valence-corrected chi connectivity index (χ0v) is 9.36. The van der Waals surface area contributed by atoms with Gasteiger partial charge in [-0.2, -0.15) is 0 Å². The molecular formula is C12H18N2O. The minimum Gasteiger partial charge on any atom is -0.481 e. The predicted octanol–water partition coefficient (Wildman–Crippen LogP) is 2.15. The summed E-state index contributed by atoms with van der Waals surface area (Å²) in [5.74, 6) is 1.50. The molecule has 1 aromatic rings. The Kier molecular flexibility index (Phi) is 3.21. The lowest BCUT2D eigenvalue weighted by molar-refractivity contribution is 0.331. The molecule has 2 rings (SSSR count). The average Bonchev–Trinajstić information content (AvgIpc) is 2.30. The van der Waals surface area contributed by atoms with Gasteiger partial charge in [-0.05, 0) is 36.9 Å². The molecule has 0 radical (unpaired) electrons. The molecule has 0 amide bonds. The van der Waals surface area contributed by atoms with Crippen LogP contribution in [0, 0.1) is 5.92 Å². The van der Waals surface area contributed by atoms with Gasteiger partial charge in [0.1, 0.15) is 0 Å². The van der Waals surface area contributed by atoms with Crippen LogP contribution in [0.2, 0.25) is 0 Å². The lowest BCUT2D eigenvalue weighted by Crippen LogP contribution is -2.31. The normalized spacial score (nSPS) is 26.3. The molecular weight excluding hydrogens is 188 g/mol. The minimum atomic E-state index is 0.470. The van der Waals surface area contributed by atoms with Gasteiger partial charge in [0.2, 0.25) is 5.88 Å². The van der Waals surface area contributed by atoms with Crippen molar-refractivity contribution in [2.45, 2.75) is 25.8 Å². The van der Waals surface area contributed by atoms with Crippen molar-refractivity contribution in [3.05, 3.63) is 23.9 Å². The largest absolute Gasteiger partial charge is 0.481 e. The van der Waals surface area contributed by atoms with Crippen LogP contribution in [0.3, 0.4) is 0 Å². The summed E-state index contributed by atoms with van der Waals surface area (Å²) < 4.78 is 5.13. The fraction of sp³-hybridized carbons (Fsp3) is 0.583. The summed E-state index contributed by atoms with van der Waals surface area (Å²) in [6.45, 7) is 3.39. The number of nitrogens with zero attached hydrogens (tertiary/aromatic N) is 1. The van der Waals surface area contributed by atoms with E-state index < -0.39 is 0 Å². The smallest absolute Gasteiger partial charge is 0.213 e. The van der Waals surface area contributed by atoms with Crippen molar-refractivity contribution in [1.29, 1.82) is 0 Å². The summed E-state index contributed by atoms with van der Waals surface area (Å²) in [5, 5.41) is 3.55. The first-order valence-corrected chi connectivity index (χ1v) is 5.53. The number of ether oxygens (including phenoxy) is 1. The third kappa shape index (κ3) is 2.48. The number of nitrogens with one attached hydrogen (secondary N) is 1. The Labute approximate surface area is 90.9 Å². The number of hydrogen-bond acceptors (Lipinski definition) is 3. The Morgan fingerprint density at radius 1 is 1.47 bits per heavy atom. The molecule has 0 bridgehead atoms. The standard InChI is InChI=1S/C12H18N2O/c1-9-3-4-11(14-8-9)10-5-6-13-12(7-10)15-2/h5-7,9,11,14H,3-4,8H2,1-2H3/t9-,11+/m1/s1. The van der Waals surface area contributed by atoms with E-state index in [2.05, 4.69) is 23.3 Å². The highest BCUT2D eigenvalue weighted by Gasteiger charge is 2.19. The molecule has 3 nitrogen and oxygen atoms in total. The molecule has 82 valence electrons. The van der Waals surface area contributed by atoms with Crippen molar-refractivity contribution in [1.82, 2.24) is 10.3 Å². The number of methoxy groups -OCH3 is 1. The Bertz CT molecular complexity index is 319. The molecule has 1 aliphatic heterocycles. The van der Waals surface area contributed by atoms with E-state index in [1.165, 1.54) is 18.4 Å². The van der Waals surface area contributed by atoms with E-state index in [0.717, 1.165) is 12.5 Å². The van der Waals surface area contributed by atoms with Gasteiger partial charge in [-0.3, -0.25) is 0 Å². The van der Waals surface area contributed by atoms with Gasteiger partial charge in [0.25, 0.3) is 0 Å². The molecule has 0 saturated carbocycles. The highest BCUT2D eigenvalue weighted by atomic mass is 16.5. The molecule has 0 aliphatic carbocycles. The van der Waals surface area contributed by atoms with E-state index in [4.69, 9.17) is 4.74 Å². The van der Waals surface area contributed by atoms with Crippen LogP contribution in [0.1, 0.15) is 31.4 Å². The third-order valence-corrected chi connectivity index (χ3v) is 3.03. The van der Waals surface area contributed by atoms with Crippen LogP contribution in [-0.2, 0) is 0 Å². The van der Waals surface area contributed by atoms with Crippen LogP contribution >= 0.6 is 0 Å². The van der Waals surface area contributed by atoms with E-state index in [0.29, 0.717) is 11.9 Å². The third-order valence-electron chi connectivity index (χ3n) is 3.03. The minimum absolute atomic E-state index is 0.470. The molecule has 1 fully saturated rings. The molecule has 1 N–H and O–H groups in total. The van der Waals surface area contributed by atoms with Crippen LogP contribution in [0.25, 0.3) is 0 Å². The maximum Gasteiger partial charge on any atom is 0.213 e. The van der Waals surface area contributed by atoms with E-state index in [1.807, 2.05) is 12.3 Å². The van der Waals surface area contributed by atoms with Crippen LogP contribution in [0.5, 0.6) is 5.88 Å². The van der Waals surface area contributed by atoms with Crippen molar-refractivity contribution >= 4 is 0 Å². The fourth-order valence-corrected chi connectivity index (χ4v) is 2.04. The number of rotatable bonds is 2. The van der Waals surface area contributed by atoms with E-state index in [1.54, 1.807) is 7.11 Å². The molecule has 15 heavy (non-hydrogen) atoms. The van der Waals surface area contributed by atoms with Gasteiger partial charge in [0.15, 0.2) is 0 Å². The summed E-state index contributed by atoms with van der Waals surface area (Å²) in [6, 6.07) is 4.56. The van der Waals surface area contributed by atoms with E-state index in [-0.39, 0.29) is 0 Å². The summed E-state index contributed by atoms with van der Waals surface area (Å²) in [4.78, 5) is 4.12. The summed E-state index contributed by atoms with van der Waals surface area (Å²) in [7, 11) is 1.66. The van der Waals surface area contributed by atoms with Gasteiger partial charge in [0.05, 0.1) is 7.11 Å². The van der Waals surface area contributed by atoms with Crippen molar-refractivity contribution in [2.75, 3.05) is 13.7 Å². The van der Waals surface area contributed by atoms with Crippen LogP contribution in [-0.4, -0.2) is 18.6 Å². The van der Waals surface area contributed by atoms with Gasteiger partial charge in [-0.25, -0.2) is 4.98 Å². The van der Waals surface area contributed by atoms with Gasteiger partial charge in [-0.15, -0.1) is 0 Å². The SMILES string of the molecule is COc1cc([C@@H]2CC[C@@H](C)CN2)ccn1. The number of hydrogen-bond donors (Lipinski definition) is 1. The molecule has 2 atom stereocenters. The number of pyridine rings is 1. The predicted molar refractivity (Wildman–Crippen MR) is 59.9 cm³/mol. The van der Waals surface area contributed by atoms with Crippen molar-refractivity contribution in [2.24, 2.45) is 5.92 Å². The molecule has 1 aromatic heterocycles. The topological polar surface area (TPSA) is 34.1 Å². The Hall–Kier alpha value is -1.09. The van der Waals surface area contributed by atoms with Crippen LogP contribution in [0.4, 0.5) is 0 Å². The van der Waals surface area contributed by atoms with E-state index in [9.17, 15) is 0 Å². The Morgan fingerprint density at radius 3 is 3.00 bits per heavy atom. The maximum atomic E-state index is 5.13. The van der Waals surface area contributed by atoms with Gasteiger partial charge in [-0.1, -0.05) is 6.92 Å². The van der Waals surface area contributed by atoms with Crippen molar-refractivity contribution < 1.29 is 4.74 Å². The average molecular weight is 206 g/mol. The van der Waals surface area contributed by atoms with Crippen LogP contribution < -0.4 is 10.1 Å². The molecule has 1 saturated heterocycles. The van der Waals surface area contributed by atoms with Gasteiger partial charge >= 0.3 is 0 Å². The quantitative estimate of drug-likeness (QED) is 0.805. The lowest BCUT2D eigenvalue weighted by Gasteiger charge is -2.28. The second kappa shape index (κ2) is 4.62. The molecule has 0 spiro atoms. The van der Waals surface area contributed by atoms with Gasteiger partial charge in [0, 0.05) is 18.3 Å². The molecule has 3 heteroatoms. The van der Waals surface area contributed by atoms with E-state index >= 15 is 0 Å². The summed E-state index contributed by atoms with van der Waals surface area (Å²) in [5.41, 5.74) is 1.29. The van der Waals surface area contributed by atoms with Crippen molar-refractivity contribution in [3.63, 3.8) is 0 Å². The number of aromatic nitrogens is 1. The molecule has 0 unspecified atom stereocenters. The number of piperidine rings is 1. The fourth-order valence-electron chi connectivity index (χ4n) is 2.04. The Morgan fingerprint density at radius 2 is 2.33 bits per heavy atom. The Balaban J connectivity index is 2.08. The first-order chi connectivity index (χ1) is 7.29. The second-order valence-electron chi connectivity index (χ2n) is 4.27. The van der Waals surface area contributed by atoms with Gasteiger partial charge < -0.3 is 10.1 Å². The summed E-state index contributed by atoms with van der Waals surface area (Å²) >= 11 is 0. The first kappa shape index (κ1) is 10.4. The maximum absolute atomic E-state index is 5.13.